The van der Waals surface area contributed by atoms with Crippen LogP contribution in [0.4, 0.5) is 19.0 Å². The summed E-state index contributed by atoms with van der Waals surface area (Å²) in [6.45, 7) is 0. The van der Waals surface area contributed by atoms with Crippen LogP contribution < -0.4 is 16.2 Å². The summed E-state index contributed by atoms with van der Waals surface area (Å²) in [7, 11) is 0. The van der Waals surface area contributed by atoms with E-state index in [0.29, 0.717) is 17.7 Å². The van der Waals surface area contributed by atoms with Crippen LogP contribution in [-0.4, -0.2) is 33.7 Å². The van der Waals surface area contributed by atoms with Crippen molar-refractivity contribution in [3.8, 4) is 17.1 Å². The van der Waals surface area contributed by atoms with E-state index in [1.807, 2.05) is 0 Å². The normalized spacial score (nSPS) is 11.4. The molecule has 27 heavy (non-hydrogen) atoms. The van der Waals surface area contributed by atoms with E-state index in [-0.39, 0.29) is 23.1 Å². The van der Waals surface area contributed by atoms with Gasteiger partial charge in [0.2, 0.25) is 5.90 Å². The molecule has 8 nitrogen and oxygen atoms in total. The molecule has 140 valence electrons. The number of primary amides is 1. The van der Waals surface area contributed by atoms with Crippen molar-refractivity contribution in [2.75, 3.05) is 5.73 Å². The maximum Gasteiger partial charge on any atom is 0.432 e. The van der Waals surface area contributed by atoms with E-state index in [1.165, 1.54) is 30.3 Å². The van der Waals surface area contributed by atoms with Crippen LogP contribution in [0.5, 0.6) is 5.75 Å². The fourth-order valence-corrected chi connectivity index (χ4v) is 1.81. The van der Waals surface area contributed by atoms with Crippen molar-refractivity contribution < 1.29 is 22.7 Å². The van der Waals surface area contributed by atoms with Gasteiger partial charge in [-0.1, -0.05) is 0 Å². The van der Waals surface area contributed by atoms with Gasteiger partial charge in [0.15, 0.2) is 5.82 Å². The summed E-state index contributed by atoms with van der Waals surface area (Å²) in [4.78, 5) is 19.2. The summed E-state index contributed by atoms with van der Waals surface area (Å²) >= 11 is 0. The SMILES string of the molecule is N=C(/C=C\C(=N)C(F)(F)F)Oc1ccc(-c2nc(N)cc(C(N)=O)n2)cc1. The van der Waals surface area contributed by atoms with Gasteiger partial charge in [-0.3, -0.25) is 15.6 Å². The van der Waals surface area contributed by atoms with Crippen LogP contribution in [0.25, 0.3) is 11.4 Å². The van der Waals surface area contributed by atoms with Gasteiger partial charge in [0, 0.05) is 17.7 Å². The first-order valence-electron chi connectivity index (χ1n) is 7.21. The lowest BCUT2D eigenvalue weighted by molar-refractivity contribution is -0.0584. The molecule has 0 saturated heterocycles. The maximum absolute atomic E-state index is 12.2. The summed E-state index contributed by atoms with van der Waals surface area (Å²) < 4.78 is 41.7. The number of aromatic nitrogens is 2. The van der Waals surface area contributed by atoms with E-state index in [0.717, 1.165) is 0 Å². The van der Waals surface area contributed by atoms with Crippen molar-refractivity contribution in [3.05, 3.63) is 48.2 Å². The lowest BCUT2D eigenvalue weighted by Gasteiger charge is -2.07. The minimum Gasteiger partial charge on any atom is -0.440 e. The number of hydrogen-bond acceptors (Lipinski definition) is 7. The molecule has 1 aromatic heterocycles. The molecule has 0 aliphatic rings. The summed E-state index contributed by atoms with van der Waals surface area (Å²) in [5.41, 5.74) is 9.58. The minimum absolute atomic E-state index is 0.0492. The van der Waals surface area contributed by atoms with Gasteiger partial charge in [-0.05, 0) is 30.3 Å². The van der Waals surface area contributed by atoms with Crippen LogP contribution in [0, 0.1) is 10.8 Å². The average molecular weight is 378 g/mol. The molecule has 0 bridgehead atoms. The molecule has 0 fully saturated rings. The number of allylic oxidation sites excluding steroid dienone is 1. The number of anilines is 1. The van der Waals surface area contributed by atoms with Gasteiger partial charge in [-0.15, -0.1) is 0 Å². The second kappa shape index (κ2) is 7.64. The van der Waals surface area contributed by atoms with E-state index in [1.54, 1.807) is 0 Å². The quantitative estimate of drug-likeness (QED) is 0.465. The third-order valence-electron chi connectivity index (χ3n) is 3.05. The highest BCUT2D eigenvalue weighted by molar-refractivity contribution is 6.01. The third kappa shape index (κ3) is 5.36. The number of benzene rings is 1. The Balaban J connectivity index is 2.12. The van der Waals surface area contributed by atoms with Gasteiger partial charge in [0.25, 0.3) is 5.91 Å². The molecule has 11 heteroatoms. The van der Waals surface area contributed by atoms with Gasteiger partial charge in [-0.25, -0.2) is 9.97 Å². The molecule has 0 radical (unpaired) electrons. The Morgan fingerprint density at radius 2 is 1.74 bits per heavy atom. The maximum atomic E-state index is 12.2. The Morgan fingerprint density at radius 1 is 1.11 bits per heavy atom. The second-order valence-corrected chi connectivity index (χ2v) is 5.10. The highest BCUT2D eigenvalue weighted by Gasteiger charge is 2.32. The first kappa shape index (κ1) is 19.6. The molecule has 0 saturated carbocycles. The number of halogens is 3. The molecule has 0 spiro atoms. The van der Waals surface area contributed by atoms with Crippen molar-refractivity contribution in [3.63, 3.8) is 0 Å². The molecule has 1 amide bonds. The van der Waals surface area contributed by atoms with Crippen molar-refractivity contribution in [2.45, 2.75) is 6.18 Å². The van der Waals surface area contributed by atoms with E-state index in [4.69, 9.17) is 27.0 Å². The minimum atomic E-state index is -4.79. The third-order valence-corrected chi connectivity index (χ3v) is 3.05. The van der Waals surface area contributed by atoms with Gasteiger partial charge in [0.1, 0.15) is 23.0 Å². The zero-order valence-corrected chi connectivity index (χ0v) is 13.5. The highest BCUT2D eigenvalue weighted by atomic mass is 19.4. The fraction of sp³-hybridized carbons (Fsp3) is 0.0625. The Kier molecular flexibility index (Phi) is 5.54. The molecule has 1 heterocycles. The lowest BCUT2D eigenvalue weighted by Crippen LogP contribution is -2.19. The smallest absolute Gasteiger partial charge is 0.432 e. The Hall–Kier alpha value is -3.76. The summed E-state index contributed by atoms with van der Waals surface area (Å²) in [6, 6.07) is 7.08. The monoisotopic (exact) mass is 378 g/mol. The van der Waals surface area contributed by atoms with Crippen LogP contribution in [0.15, 0.2) is 42.5 Å². The van der Waals surface area contributed by atoms with E-state index in [2.05, 4.69) is 9.97 Å². The number of carbonyl (C=O) groups is 1. The molecular formula is C16H13F3N6O2. The van der Waals surface area contributed by atoms with Gasteiger partial charge in [0.05, 0.1) is 0 Å². The van der Waals surface area contributed by atoms with Crippen molar-refractivity contribution in [1.82, 2.24) is 9.97 Å². The number of carbonyl (C=O) groups excluding carboxylic acids is 1. The number of nitrogen functional groups attached to an aromatic ring is 1. The zero-order valence-electron chi connectivity index (χ0n) is 13.5. The number of amides is 1. The molecule has 0 aliphatic carbocycles. The topological polar surface area (TPSA) is 152 Å². The second-order valence-electron chi connectivity index (χ2n) is 5.10. The Morgan fingerprint density at radius 3 is 2.30 bits per heavy atom. The van der Waals surface area contributed by atoms with Crippen molar-refractivity contribution in [2.24, 2.45) is 5.73 Å². The number of nitrogens with zero attached hydrogens (tertiary/aromatic N) is 2. The largest absolute Gasteiger partial charge is 0.440 e. The van der Waals surface area contributed by atoms with Crippen LogP contribution in [0.1, 0.15) is 10.5 Å². The number of ether oxygens (including phenoxy) is 1. The molecule has 6 N–H and O–H groups in total. The molecule has 0 aliphatic heterocycles. The molecule has 0 atom stereocenters. The van der Waals surface area contributed by atoms with Gasteiger partial charge >= 0.3 is 6.18 Å². The first-order valence-corrected chi connectivity index (χ1v) is 7.21. The van der Waals surface area contributed by atoms with Crippen molar-refractivity contribution in [1.29, 1.82) is 10.8 Å². The van der Waals surface area contributed by atoms with Crippen LogP contribution in [-0.2, 0) is 0 Å². The number of nitrogens with one attached hydrogen (secondary N) is 2. The fourth-order valence-electron chi connectivity index (χ4n) is 1.81. The number of alkyl halides is 3. The summed E-state index contributed by atoms with van der Waals surface area (Å²) in [5.74, 6) is -1.01. The Labute approximate surface area is 150 Å². The molecule has 2 aromatic rings. The number of nitrogens with two attached hydrogens (primary N) is 2. The highest BCUT2D eigenvalue weighted by Crippen LogP contribution is 2.21. The summed E-state index contributed by atoms with van der Waals surface area (Å²) in [5, 5.41) is 14.3. The molecule has 2 rings (SSSR count). The predicted octanol–water partition coefficient (Wildman–Crippen LogP) is 2.32. The lowest BCUT2D eigenvalue weighted by atomic mass is 10.2. The molecule has 0 unspecified atom stereocenters. The van der Waals surface area contributed by atoms with Crippen LogP contribution in [0.3, 0.4) is 0 Å². The Bertz CT molecular complexity index is 923. The van der Waals surface area contributed by atoms with Crippen molar-refractivity contribution >= 4 is 23.3 Å². The number of hydrogen-bond donors (Lipinski definition) is 4. The first-order chi connectivity index (χ1) is 12.6. The zero-order chi connectivity index (χ0) is 20.2. The summed E-state index contributed by atoms with van der Waals surface area (Å²) in [6.07, 6.45) is -3.66. The van der Waals surface area contributed by atoms with Crippen LogP contribution >= 0.6 is 0 Å². The average Bonchev–Trinajstić information content (AvgIpc) is 2.58. The molecular weight excluding hydrogens is 365 g/mol. The standard InChI is InChI=1S/C16H13F3N6O2/c17-16(18,19)11(20)5-6-13(22)27-9-3-1-8(2-4-9)15-24-10(14(23)26)7-12(21)25-15/h1-7,20,22H,(H2,23,26)(H2,21,24,25)/b6-5-,20-11?,22-13?. The van der Waals surface area contributed by atoms with E-state index >= 15 is 0 Å². The number of rotatable bonds is 5. The molecule has 1 aromatic carbocycles. The van der Waals surface area contributed by atoms with E-state index < -0.39 is 23.7 Å². The van der Waals surface area contributed by atoms with Crippen LogP contribution in [0.2, 0.25) is 0 Å². The van der Waals surface area contributed by atoms with Gasteiger partial charge < -0.3 is 16.2 Å². The van der Waals surface area contributed by atoms with E-state index in [9.17, 15) is 18.0 Å². The van der Waals surface area contributed by atoms with Gasteiger partial charge in [-0.2, -0.15) is 13.2 Å². The predicted molar refractivity (Wildman–Crippen MR) is 91.7 cm³/mol.